The molecule has 0 aromatic heterocycles. The van der Waals surface area contributed by atoms with Gasteiger partial charge in [0.25, 0.3) is 0 Å². The summed E-state index contributed by atoms with van der Waals surface area (Å²) in [7, 11) is 0. The van der Waals surface area contributed by atoms with Crippen molar-refractivity contribution in [3.8, 4) is 0 Å². The lowest BCUT2D eigenvalue weighted by atomic mass is 10.0. The molecule has 0 aliphatic heterocycles. The first-order chi connectivity index (χ1) is 7.82. The maximum absolute atomic E-state index is 12.4. The Kier molecular flexibility index (Phi) is 4.11. The number of halogens is 3. The third-order valence-corrected chi connectivity index (χ3v) is 2.17. The molecule has 17 heavy (non-hydrogen) atoms. The van der Waals surface area contributed by atoms with Crippen LogP contribution in [0.5, 0.6) is 0 Å². The number of carbonyl (C=O) groups excluding carboxylic acids is 1. The van der Waals surface area contributed by atoms with Gasteiger partial charge in [0.05, 0.1) is 6.04 Å². The third kappa shape index (κ3) is 3.74. The van der Waals surface area contributed by atoms with Crippen LogP contribution in [0.1, 0.15) is 18.5 Å². The monoisotopic (exact) mass is 247 g/mol. The lowest BCUT2D eigenvalue weighted by Gasteiger charge is -2.25. The molecule has 2 unspecified atom stereocenters. The maximum atomic E-state index is 12.4. The van der Waals surface area contributed by atoms with Gasteiger partial charge < -0.3 is 10.4 Å². The number of hydrogen-bond donors (Lipinski definition) is 2. The van der Waals surface area contributed by atoms with Crippen molar-refractivity contribution in [1.82, 2.24) is 5.32 Å². The van der Waals surface area contributed by atoms with E-state index in [9.17, 15) is 23.1 Å². The topological polar surface area (TPSA) is 49.3 Å². The van der Waals surface area contributed by atoms with Crippen molar-refractivity contribution in [2.24, 2.45) is 0 Å². The summed E-state index contributed by atoms with van der Waals surface area (Å²) in [6, 6.07) is 6.04. The van der Waals surface area contributed by atoms with E-state index in [0.717, 1.165) is 6.92 Å². The van der Waals surface area contributed by atoms with Crippen LogP contribution in [0, 0.1) is 0 Å². The van der Waals surface area contributed by atoms with Gasteiger partial charge in [-0.15, -0.1) is 0 Å². The average molecular weight is 247 g/mol. The summed E-state index contributed by atoms with van der Waals surface area (Å²) < 4.78 is 37.3. The first-order valence-corrected chi connectivity index (χ1v) is 4.89. The Bertz CT molecular complexity index is 378. The summed E-state index contributed by atoms with van der Waals surface area (Å²) in [5, 5.41) is 11.3. The van der Waals surface area contributed by atoms with Gasteiger partial charge in [-0.2, -0.15) is 13.2 Å². The molecule has 1 aromatic carbocycles. The van der Waals surface area contributed by atoms with Gasteiger partial charge in [0.2, 0.25) is 5.91 Å². The molecular formula is C11H12F3NO2. The highest BCUT2D eigenvalue weighted by molar-refractivity contribution is 5.73. The summed E-state index contributed by atoms with van der Waals surface area (Å²) >= 11 is 0. The summed E-state index contributed by atoms with van der Waals surface area (Å²) in [4.78, 5) is 10.9. The Labute approximate surface area is 96.3 Å². The smallest absolute Gasteiger partial charge is 0.381 e. The first-order valence-electron chi connectivity index (χ1n) is 4.89. The number of aliphatic hydroxyl groups excluding tert-OH is 1. The molecule has 1 amide bonds. The van der Waals surface area contributed by atoms with Crippen molar-refractivity contribution in [1.29, 1.82) is 0 Å². The lowest BCUT2D eigenvalue weighted by molar-refractivity contribution is -0.213. The number of hydrogen-bond acceptors (Lipinski definition) is 2. The molecule has 0 spiro atoms. The number of nitrogens with one attached hydrogen (secondary N) is 1. The maximum Gasteiger partial charge on any atom is 0.416 e. The number of rotatable bonds is 3. The highest BCUT2D eigenvalue weighted by Gasteiger charge is 2.44. The van der Waals surface area contributed by atoms with E-state index in [4.69, 9.17) is 0 Å². The lowest BCUT2D eigenvalue weighted by Crippen LogP contribution is -2.43. The molecule has 2 atom stereocenters. The van der Waals surface area contributed by atoms with Crippen molar-refractivity contribution >= 4 is 5.91 Å². The van der Waals surface area contributed by atoms with Crippen LogP contribution < -0.4 is 5.32 Å². The van der Waals surface area contributed by atoms with Gasteiger partial charge in [-0.05, 0) is 5.56 Å². The summed E-state index contributed by atoms with van der Waals surface area (Å²) in [6.07, 6.45) is -7.42. The van der Waals surface area contributed by atoms with E-state index in [-0.39, 0.29) is 5.56 Å². The number of carbonyl (C=O) groups is 1. The van der Waals surface area contributed by atoms with Gasteiger partial charge in [0, 0.05) is 6.92 Å². The Morgan fingerprint density at radius 1 is 1.29 bits per heavy atom. The van der Waals surface area contributed by atoms with Crippen LogP contribution in [0.3, 0.4) is 0 Å². The van der Waals surface area contributed by atoms with Gasteiger partial charge in [-0.1, -0.05) is 30.3 Å². The number of alkyl halides is 3. The Hall–Kier alpha value is -1.56. The summed E-state index contributed by atoms with van der Waals surface area (Å²) in [5.41, 5.74) is 0.201. The molecule has 0 aliphatic rings. The fourth-order valence-electron chi connectivity index (χ4n) is 1.41. The predicted octanol–water partition coefficient (Wildman–Crippen LogP) is 1.79. The molecule has 0 aliphatic carbocycles. The van der Waals surface area contributed by atoms with E-state index in [2.05, 4.69) is 5.32 Å². The Morgan fingerprint density at radius 2 is 1.82 bits per heavy atom. The van der Waals surface area contributed by atoms with Gasteiger partial charge in [-0.25, -0.2) is 0 Å². The molecule has 3 nitrogen and oxygen atoms in total. The zero-order chi connectivity index (χ0) is 13.1. The van der Waals surface area contributed by atoms with Gasteiger partial charge in [-0.3, -0.25) is 4.79 Å². The van der Waals surface area contributed by atoms with Gasteiger partial charge in [0.1, 0.15) is 0 Å². The van der Waals surface area contributed by atoms with E-state index in [1.807, 2.05) is 0 Å². The van der Waals surface area contributed by atoms with Gasteiger partial charge in [0.15, 0.2) is 6.10 Å². The van der Waals surface area contributed by atoms with Crippen LogP contribution >= 0.6 is 0 Å². The van der Waals surface area contributed by atoms with E-state index < -0.39 is 24.2 Å². The summed E-state index contributed by atoms with van der Waals surface area (Å²) in [6.45, 7) is 1.10. The van der Waals surface area contributed by atoms with Crippen molar-refractivity contribution in [2.75, 3.05) is 0 Å². The molecule has 0 saturated heterocycles. The summed E-state index contributed by atoms with van der Waals surface area (Å²) in [5.74, 6) is -0.637. The number of benzene rings is 1. The molecule has 1 aromatic rings. The average Bonchev–Trinajstić information content (AvgIpc) is 2.24. The second kappa shape index (κ2) is 5.18. The molecule has 94 valence electrons. The van der Waals surface area contributed by atoms with E-state index in [1.54, 1.807) is 6.07 Å². The van der Waals surface area contributed by atoms with Crippen LogP contribution in [0.2, 0.25) is 0 Å². The highest BCUT2D eigenvalue weighted by Crippen LogP contribution is 2.30. The molecule has 0 heterocycles. The fourth-order valence-corrected chi connectivity index (χ4v) is 1.41. The van der Waals surface area contributed by atoms with Crippen LogP contribution in [0.25, 0.3) is 0 Å². The van der Waals surface area contributed by atoms with Crippen molar-refractivity contribution in [3.63, 3.8) is 0 Å². The molecular weight excluding hydrogens is 235 g/mol. The van der Waals surface area contributed by atoms with E-state index in [1.165, 1.54) is 24.3 Å². The number of amides is 1. The van der Waals surface area contributed by atoms with Crippen LogP contribution in [0.4, 0.5) is 13.2 Å². The second-order valence-electron chi connectivity index (χ2n) is 3.58. The normalized spacial score (nSPS) is 15.1. The van der Waals surface area contributed by atoms with E-state index >= 15 is 0 Å². The minimum absolute atomic E-state index is 0.201. The van der Waals surface area contributed by atoms with Crippen molar-refractivity contribution in [3.05, 3.63) is 35.9 Å². The zero-order valence-electron chi connectivity index (χ0n) is 9.03. The zero-order valence-corrected chi connectivity index (χ0v) is 9.03. The van der Waals surface area contributed by atoms with Crippen molar-refractivity contribution < 1.29 is 23.1 Å². The highest BCUT2D eigenvalue weighted by atomic mass is 19.4. The fraction of sp³-hybridized carbons (Fsp3) is 0.364. The number of aliphatic hydroxyl groups is 1. The molecule has 6 heteroatoms. The molecule has 1 rings (SSSR count). The van der Waals surface area contributed by atoms with Gasteiger partial charge >= 0.3 is 6.18 Å². The van der Waals surface area contributed by atoms with Crippen LogP contribution in [-0.4, -0.2) is 23.3 Å². The van der Waals surface area contributed by atoms with E-state index in [0.29, 0.717) is 0 Å². The first kappa shape index (κ1) is 13.5. The van der Waals surface area contributed by atoms with Crippen LogP contribution in [0.15, 0.2) is 30.3 Å². The molecule has 0 bridgehead atoms. The predicted molar refractivity (Wildman–Crippen MR) is 55.1 cm³/mol. The largest absolute Gasteiger partial charge is 0.416 e. The second-order valence-corrected chi connectivity index (χ2v) is 3.58. The van der Waals surface area contributed by atoms with Crippen molar-refractivity contribution in [2.45, 2.75) is 25.2 Å². The minimum atomic E-state index is -4.79. The molecule has 0 radical (unpaired) electrons. The molecule has 2 N–H and O–H groups in total. The quantitative estimate of drug-likeness (QED) is 0.855. The molecule has 0 saturated carbocycles. The van der Waals surface area contributed by atoms with Crippen LogP contribution in [-0.2, 0) is 4.79 Å². The minimum Gasteiger partial charge on any atom is -0.381 e. The molecule has 0 fully saturated rings. The SMILES string of the molecule is CC(=O)NC(c1ccccc1)C(O)C(F)(F)F. The Balaban J connectivity index is 3.00. The Morgan fingerprint density at radius 3 is 2.24 bits per heavy atom. The standard InChI is InChI=1S/C11H12F3NO2/c1-7(16)15-9(10(17)11(12,13)14)8-5-3-2-4-6-8/h2-6,9-10,17H,1H3,(H,15,16). The third-order valence-electron chi connectivity index (χ3n) is 2.17.